The third-order valence-electron chi connectivity index (χ3n) is 4.93. The number of nitrogens with one attached hydrogen (secondary N) is 2. The van der Waals surface area contributed by atoms with E-state index in [0.717, 1.165) is 41.1 Å². The molecule has 3 aromatic carbocycles. The Labute approximate surface area is 170 Å². The Balaban J connectivity index is 1.37. The maximum absolute atomic E-state index is 12.5. The zero-order valence-electron chi connectivity index (χ0n) is 16.6. The molecule has 4 aromatic rings. The van der Waals surface area contributed by atoms with E-state index in [2.05, 4.69) is 27.4 Å². The molecule has 1 heterocycles. The van der Waals surface area contributed by atoms with Crippen LogP contribution in [0.25, 0.3) is 11.0 Å². The molecular formula is C24H24N4O. The van der Waals surface area contributed by atoms with Gasteiger partial charge in [0, 0.05) is 37.5 Å². The molecule has 0 fully saturated rings. The van der Waals surface area contributed by atoms with Crippen LogP contribution in [0.5, 0.6) is 0 Å². The van der Waals surface area contributed by atoms with E-state index in [-0.39, 0.29) is 5.91 Å². The first-order valence-electron chi connectivity index (χ1n) is 9.70. The van der Waals surface area contributed by atoms with Gasteiger partial charge in [0.2, 0.25) is 0 Å². The van der Waals surface area contributed by atoms with Gasteiger partial charge in [-0.25, -0.2) is 4.98 Å². The van der Waals surface area contributed by atoms with Gasteiger partial charge in [-0.05, 0) is 54.4 Å². The lowest BCUT2D eigenvalue weighted by Crippen LogP contribution is -2.14. The zero-order chi connectivity index (χ0) is 20.2. The Morgan fingerprint density at radius 1 is 0.966 bits per heavy atom. The molecule has 5 heteroatoms. The molecule has 1 aromatic heterocycles. The Morgan fingerprint density at radius 2 is 1.76 bits per heavy atom. The van der Waals surface area contributed by atoms with Crippen LogP contribution in [0.15, 0.2) is 72.8 Å². The predicted octanol–water partition coefficient (Wildman–Crippen LogP) is 4.67. The van der Waals surface area contributed by atoms with Crippen molar-refractivity contribution in [2.75, 3.05) is 24.3 Å². The number of carbonyl (C=O) groups excluding carboxylic acids is 1. The SMILES string of the molecule is CN(C)c1cccc(C(=O)Nc2ccc(CCc3nc4ccccc4[nH]3)cc2)c1. The summed E-state index contributed by atoms with van der Waals surface area (Å²) in [5.41, 5.74) is 5.71. The number of hydrogen-bond acceptors (Lipinski definition) is 3. The second kappa shape index (κ2) is 8.19. The summed E-state index contributed by atoms with van der Waals surface area (Å²) in [6.45, 7) is 0. The van der Waals surface area contributed by atoms with Crippen LogP contribution >= 0.6 is 0 Å². The number of aromatic amines is 1. The van der Waals surface area contributed by atoms with Crippen LogP contribution < -0.4 is 10.2 Å². The van der Waals surface area contributed by atoms with Crippen molar-refractivity contribution >= 4 is 28.3 Å². The summed E-state index contributed by atoms with van der Waals surface area (Å²) < 4.78 is 0. The van der Waals surface area contributed by atoms with E-state index in [9.17, 15) is 4.79 Å². The van der Waals surface area contributed by atoms with Gasteiger partial charge in [0.05, 0.1) is 11.0 Å². The molecule has 1 amide bonds. The molecule has 0 spiro atoms. The monoisotopic (exact) mass is 384 g/mol. The number of aryl methyl sites for hydroxylation is 2. The highest BCUT2D eigenvalue weighted by Crippen LogP contribution is 2.17. The topological polar surface area (TPSA) is 61.0 Å². The van der Waals surface area contributed by atoms with Crippen molar-refractivity contribution in [2.24, 2.45) is 0 Å². The molecule has 5 nitrogen and oxygen atoms in total. The van der Waals surface area contributed by atoms with Crippen LogP contribution in [0.2, 0.25) is 0 Å². The third kappa shape index (κ3) is 4.46. The fraction of sp³-hybridized carbons (Fsp3) is 0.167. The quantitative estimate of drug-likeness (QED) is 0.508. The molecular weight excluding hydrogens is 360 g/mol. The Hall–Kier alpha value is -3.60. The second-order valence-electron chi connectivity index (χ2n) is 7.30. The van der Waals surface area contributed by atoms with Crippen molar-refractivity contribution < 1.29 is 4.79 Å². The number of H-pyrrole nitrogens is 1. The van der Waals surface area contributed by atoms with Crippen LogP contribution in [0.3, 0.4) is 0 Å². The number of anilines is 2. The largest absolute Gasteiger partial charge is 0.378 e. The van der Waals surface area contributed by atoms with Crippen LogP contribution in [-0.4, -0.2) is 30.0 Å². The van der Waals surface area contributed by atoms with E-state index in [1.807, 2.05) is 79.7 Å². The van der Waals surface area contributed by atoms with E-state index < -0.39 is 0 Å². The summed E-state index contributed by atoms with van der Waals surface area (Å²) in [7, 11) is 3.92. The summed E-state index contributed by atoms with van der Waals surface area (Å²) >= 11 is 0. The highest BCUT2D eigenvalue weighted by atomic mass is 16.1. The van der Waals surface area contributed by atoms with Gasteiger partial charge in [0.1, 0.15) is 5.82 Å². The lowest BCUT2D eigenvalue weighted by molar-refractivity contribution is 0.102. The van der Waals surface area contributed by atoms with Crippen molar-refractivity contribution in [3.8, 4) is 0 Å². The fourth-order valence-corrected chi connectivity index (χ4v) is 3.27. The summed E-state index contributed by atoms with van der Waals surface area (Å²) in [5, 5.41) is 2.97. The van der Waals surface area contributed by atoms with E-state index in [4.69, 9.17) is 0 Å². The van der Waals surface area contributed by atoms with Crippen LogP contribution in [-0.2, 0) is 12.8 Å². The molecule has 0 atom stereocenters. The Bertz CT molecular complexity index is 1100. The van der Waals surface area contributed by atoms with Gasteiger partial charge in [-0.3, -0.25) is 4.79 Å². The number of hydrogen-bond donors (Lipinski definition) is 2. The molecule has 4 rings (SSSR count). The molecule has 0 aliphatic heterocycles. The van der Waals surface area contributed by atoms with E-state index in [1.165, 1.54) is 5.56 Å². The molecule has 29 heavy (non-hydrogen) atoms. The molecule has 0 bridgehead atoms. The first-order chi connectivity index (χ1) is 14.1. The summed E-state index contributed by atoms with van der Waals surface area (Å²) in [6.07, 6.45) is 1.73. The smallest absolute Gasteiger partial charge is 0.255 e. The predicted molar refractivity (Wildman–Crippen MR) is 119 cm³/mol. The molecule has 0 saturated carbocycles. The minimum Gasteiger partial charge on any atom is -0.378 e. The van der Waals surface area contributed by atoms with E-state index in [0.29, 0.717) is 5.56 Å². The maximum Gasteiger partial charge on any atom is 0.255 e. The number of rotatable bonds is 6. The summed E-state index contributed by atoms with van der Waals surface area (Å²) in [5.74, 6) is 0.882. The Kier molecular flexibility index (Phi) is 5.29. The molecule has 146 valence electrons. The minimum absolute atomic E-state index is 0.108. The van der Waals surface area contributed by atoms with Gasteiger partial charge in [0.25, 0.3) is 5.91 Å². The lowest BCUT2D eigenvalue weighted by atomic mass is 10.1. The number of para-hydroxylation sites is 2. The van der Waals surface area contributed by atoms with Crippen molar-refractivity contribution in [3.05, 3.63) is 89.7 Å². The Morgan fingerprint density at radius 3 is 2.52 bits per heavy atom. The van der Waals surface area contributed by atoms with Gasteiger partial charge in [-0.2, -0.15) is 0 Å². The highest BCUT2D eigenvalue weighted by Gasteiger charge is 2.08. The highest BCUT2D eigenvalue weighted by molar-refractivity contribution is 6.04. The fourth-order valence-electron chi connectivity index (χ4n) is 3.27. The number of fused-ring (bicyclic) bond motifs is 1. The van der Waals surface area contributed by atoms with Crippen molar-refractivity contribution in [2.45, 2.75) is 12.8 Å². The first-order valence-corrected chi connectivity index (χ1v) is 9.70. The van der Waals surface area contributed by atoms with Gasteiger partial charge >= 0.3 is 0 Å². The molecule has 0 aliphatic carbocycles. The molecule has 0 aliphatic rings. The summed E-state index contributed by atoms with van der Waals surface area (Å²) in [4.78, 5) is 22.5. The van der Waals surface area contributed by atoms with E-state index in [1.54, 1.807) is 0 Å². The number of amides is 1. The van der Waals surface area contributed by atoms with Crippen molar-refractivity contribution in [1.29, 1.82) is 0 Å². The first kappa shape index (κ1) is 18.7. The van der Waals surface area contributed by atoms with Crippen molar-refractivity contribution in [1.82, 2.24) is 9.97 Å². The molecule has 0 radical (unpaired) electrons. The van der Waals surface area contributed by atoms with Gasteiger partial charge in [-0.15, -0.1) is 0 Å². The number of aromatic nitrogens is 2. The standard InChI is InChI=1S/C24H24N4O/c1-28(2)20-7-5-6-18(16-20)24(29)25-19-13-10-17(11-14-19)12-15-23-26-21-8-3-4-9-22(21)27-23/h3-11,13-14,16H,12,15H2,1-2H3,(H,25,29)(H,26,27). The van der Waals surface area contributed by atoms with Gasteiger partial charge < -0.3 is 15.2 Å². The third-order valence-corrected chi connectivity index (χ3v) is 4.93. The van der Waals surface area contributed by atoms with Crippen LogP contribution in [0.1, 0.15) is 21.7 Å². The average Bonchev–Trinajstić information content (AvgIpc) is 3.16. The number of nitrogens with zero attached hydrogens (tertiary/aromatic N) is 2. The van der Waals surface area contributed by atoms with Gasteiger partial charge in [-0.1, -0.05) is 30.3 Å². The number of imidazole rings is 1. The summed E-state index contributed by atoms with van der Waals surface area (Å²) in [6, 6.07) is 23.6. The lowest BCUT2D eigenvalue weighted by Gasteiger charge is -2.13. The normalized spacial score (nSPS) is 10.8. The van der Waals surface area contributed by atoms with E-state index >= 15 is 0 Å². The van der Waals surface area contributed by atoms with Crippen LogP contribution in [0.4, 0.5) is 11.4 Å². The zero-order valence-corrected chi connectivity index (χ0v) is 16.6. The molecule has 0 saturated heterocycles. The maximum atomic E-state index is 12.5. The molecule has 2 N–H and O–H groups in total. The molecule has 0 unspecified atom stereocenters. The second-order valence-corrected chi connectivity index (χ2v) is 7.30. The average molecular weight is 384 g/mol. The number of benzene rings is 3. The van der Waals surface area contributed by atoms with Gasteiger partial charge in [0.15, 0.2) is 0 Å². The van der Waals surface area contributed by atoms with Crippen molar-refractivity contribution in [3.63, 3.8) is 0 Å². The number of carbonyl (C=O) groups is 1. The van der Waals surface area contributed by atoms with Crippen LogP contribution in [0, 0.1) is 0 Å². The minimum atomic E-state index is -0.108.